The third-order valence-electron chi connectivity index (χ3n) is 2.24. The number of rotatable bonds is 5. The van der Waals surface area contributed by atoms with Crippen LogP contribution in [0.2, 0.25) is 0 Å². The fraction of sp³-hybridized carbons (Fsp3) is 0.308. The van der Waals surface area contributed by atoms with E-state index < -0.39 is 0 Å². The minimum atomic E-state index is 0. The van der Waals surface area contributed by atoms with Crippen molar-refractivity contribution in [3.8, 4) is 5.75 Å². The van der Waals surface area contributed by atoms with Crippen molar-refractivity contribution in [3.63, 3.8) is 0 Å². The summed E-state index contributed by atoms with van der Waals surface area (Å²) in [5.41, 5.74) is 1.09. The number of nitrogens with zero attached hydrogens (tertiary/aromatic N) is 1. The number of guanidine groups is 1. The Bertz CT molecular complexity index is 394. The molecule has 0 saturated heterocycles. The molecule has 0 aromatic heterocycles. The molecular formula is C13H20IN3O. The molecule has 0 heterocycles. The molecule has 5 heteroatoms. The maximum absolute atomic E-state index is 5.57. The van der Waals surface area contributed by atoms with Crippen LogP contribution in [0.3, 0.4) is 0 Å². The lowest BCUT2D eigenvalue weighted by Gasteiger charge is -2.12. The van der Waals surface area contributed by atoms with Gasteiger partial charge in [0.25, 0.3) is 0 Å². The summed E-state index contributed by atoms with van der Waals surface area (Å²) < 4.78 is 5.57. The summed E-state index contributed by atoms with van der Waals surface area (Å²) in [5, 5.41) is 6.15. The normalized spacial score (nSPS) is 10.2. The lowest BCUT2D eigenvalue weighted by atomic mass is 10.2. The summed E-state index contributed by atoms with van der Waals surface area (Å²) >= 11 is 0. The van der Waals surface area contributed by atoms with E-state index in [0.29, 0.717) is 13.2 Å². The van der Waals surface area contributed by atoms with E-state index in [-0.39, 0.29) is 24.0 Å². The highest BCUT2D eigenvalue weighted by atomic mass is 127. The zero-order chi connectivity index (χ0) is 12.5. The number of ether oxygens (including phenoxy) is 1. The summed E-state index contributed by atoms with van der Waals surface area (Å²) in [5.74, 6) is 1.62. The van der Waals surface area contributed by atoms with Gasteiger partial charge >= 0.3 is 0 Å². The molecule has 100 valence electrons. The molecule has 0 bridgehead atoms. The van der Waals surface area contributed by atoms with E-state index in [0.717, 1.165) is 17.3 Å². The van der Waals surface area contributed by atoms with Crippen molar-refractivity contribution in [2.24, 2.45) is 4.99 Å². The van der Waals surface area contributed by atoms with Gasteiger partial charge < -0.3 is 15.4 Å². The molecule has 0 amide bonds. The van der Waals surface area contributed by atoms with Gasteiger partial charge in [0.1, 0.15) is 12.4 Å². The first kappa shape index (κ1) is 16.8. The fourth-order valence-electron chi connectivity index (χ4n) is 1.40. The van der Waals surface area contributed by atoms with Crippen molar-refractivity contribution in [1.29, 1.82) is 0 Å². The number of aliphatic imine (C=N–C) groups is 1. The number of hydrogen-bond acceptors (Lipinski definition) is 2. The molecule has 1 rings (SSSR count). The summed E-state index contributed by atoms with van der Waals surface area (Å²) in [7, 11) is 3.56. The van der Waals surface area contributed by atoms with E-state index in [1.54, 1.807) is 13.1 Å². The van der Waals surface area contributed by atoms with Gasteiger partial charge in [-0.2, -0.15) is 0 Å². The highest BCUT2D eigenvalue weighted by molar-refractivity contribution is 14.0. The van der Waals surface area contributed by atoms with Gasteiger partial charge in [0.15, 0.2) is 5.96 Å². The number of halogens is 1. The van der Waals surface area contributed by atoms with Crippen molar-refractivity contribution in [3.05, 3.63) is 42.5 Å². The number of hydrogen-bond donors (Lipinski definition) is 2. The van der Waals surface area contributed by atoms with Gasteiger partial charge in [-0.25, -0.2) is 0 Å². The Kier molecular flexibility index (Phi) is 9.08. The molecule has 18 heavy (non-hydrogen) atoms. The second-order valence-electron chi connectivity index (χ2n) is 3.38. The SMILES string of the molecule is C=CCOc1ccccc1CNC(=NC)NC.I. The number of benzene rings is 1. The van der Waals surface area contributed by atoms with Gasteiger partial charge in [0.2, 0.25) is 0 Å². The van der Waals surface area contributed by atoms with Crippen LogP contribution in [0, 0.1) is 0 Å². The van der Waals surface area contributed by atoms with Gasteiger partial charge in [-0.1, -0.05) is 30.9 Å². The molecular weight excluding hydrogens is 341 g/mol. The molecule has 0 fully saturated rings. The highest BCUT2D eigenvalue weighted by Gasteiger charge is 2.02. The van der Waals surface area contributed by atoms with Crippen molar-refractivity contribution in [2.75, 3.05) is 20.7 Å². The Morgan fingerprint density at radius 2 is 2.17 bits per heavy atom. The predicted molar refractivity (Wildman–Crippen MR) is 86.8 cm³/mol. The smallest absolute Gasteiger partial charge is 0.190 e. The van der Waals surface area contributed by atoms with Crippen LogP contribution in [-0.4, -0.2) is 26.7 Å². The largest absolute Gasteiger partial charge is 0.489 e. The van der Waals surface area contributed by atoms with Gasteiger partial charge in [0.05, 0.1) is 0 Å². The van der Waals surface area contributed by atoms with Crippen molar-refractivity contribution >= 4 is 29.9 Å². The van der Waals surface area contributed by atoms with Crippen LogP contribution >= 0.6 is 24.0 Å². The third-order valence-corrected chi connectivity index (χ3v) is 2.24. The highest BCUT2D eigenvalue weighted by Crippen LogP contribution is 2.17. The second-order valence-corrected chi connectivity index (χ2v) is 3.38. The maximum atomic E-state index is 5.57. The van der Waals surface area contributed by atoms with E-state index in [1.807, 2.05) is 31.3 Å². The van der Waals surface area contributed by atoms with Gasteiger partial charge in [-0.05, 0) is 6.07 Å². The van der Waals surface area contributed by atoms with Crippen LogP contribution in [0.1, 0.15) is 5.56 Å². The van der Waals surface area contributed by atoms with Crippen LogP contribution in [0.15, 0.2) is 41.9 Å². The molecule has 2 N–H and O–H groups in total. The minimum absolute atomic E-state index is 0. The Morgan fingerprint density at radius 3 is 2.78 bits per heavy atom. The van der Waals surface area contributed by atoms with Crippen LogP contribution < -0.4 is 15.4 Å². The average Bonchev–Trinajstić information content (AvgIpc) is 2.38. The monoisotopic (exact) mass is 361 g/mol. The molecule has 0 unspecified atom stereocenters. The zero-order valence-electron chi connectivity index (χ0n) is 10.8. The van der Waals surface area contributed by atoms with E-state index in [4.69, 9.17) is 4.74 Å². The number of para-hydroxylation sites is 1. The van der Waals surface area contributed by atoms with Gasteiger partial charge in [-0.15, -0.1) is 24.0 Å². The number of nitrogens with one attached hydrogen (secondary N) is 2. The van der Waals surface area contributed by atoms with Crippen LogP contribution in [0.25, 0.3) is 0 Å². The van der Waals surface area contributed by atoms with E-state index in [9.17, 15) is 0 Å². The summed E-state index contributed by atoms with van der Waals surface area (Å²) in [6, 6.07) is 7.91. The summed E-state index contributed by atoms with van der Waals surface area (Å²) in [6.45, 7) is 4.82. The molecule has 0 aliphatic carbocycles. The first-order valence-corrected chi connectivity index (χ1v) is 5.51. The van der Waals surface area contributed by atoms with Gasteiger partial charge in [-0.3, -0.25) is 4.99 Å². The Morgan fingerprint density at radius 1 is 1.44 bits per heavy atom. The molecule has 1 aromatic rings. The maximum Gasteiger partial charge on any atom is 0.190 e. The zero-order valence-corrected chi connectivity index (χ0v) is 13.1. The van der Waals surface area contributed by atoms with Crippen LogP contribution in [0.4, 0.5) is 0 Å². The molecule has 0 atom stereocenters. The molecule has 0 aliphatic heterocycles. The standard InChI is InChI=1S/C13H19N3O.HI/c1-4-9-17-12-8-6-5-7-11(12)10-16-13(14-2)15-3;/h4-8H,1,9-10H2,2-3H3,(H2,14,15,16);1H. The lowest BCUT2D eigenvalue weighted by molar-refractivity contribution is 0.358. The Hall–Kier alpha value is -1.24. The Labute approximate surface area is 126 Å². The average molecular weight is 361 g/mol. The Balaban J connectivity index is 0.00000289. The third kappa shape index (κ3) is 5.39. The summed E-state index contributed by atoms with van der Waals surface area (Å²) in [4.78, 5) is 4.05. The molecule has 0 spiro atoms. The van der Waals surface area contributed by atoms with E-state index >= 15 is 0 Å². The van der Waals surface area contributed by atoms with Crippen molar-refractivity contribution < 1.29 is 4.74 Å². The predicted octanol–water partition coefficient (Wildman–Crippen LogP) is 2.16. The first-order chi connectivity index (χ1) is 8.31. The van der Waals surface area contributed by atoms with E-state index in [1.165, 1.54) is 0 Å². The lowest BCUT2D eigenvalue weighted by Crippen LogP contribution is -2.34. The fourth-order valence-corrected chi connectivity index (χ4v) is 1.40. The van der Waals surface area contributed by atoms with Crippen LogP contribution in [-0.2, 0) is 6.54 Å². The molecule has 1 aromatic carbocycles. The van der Waals surface area contributed by atoms with Crippen molar-refractivity contribution in [1.82, 2.24) is 10.6 Å². The minimum Gasteiger partial charge on any atom is -0.489 e. The molecule has 0 aliphatic rings. The topological polar surface area (TPSA) is 45.6 Å². The second kappa shape index (κ2) is 9.76. The van der Waals surface area contributed by atoms with Gasteiger partial charge in [0, 0.05) is 26.2 Å². The molecule has 4 nitrogen and oxygen atoms in total. The first-order valence-electron chi connectivity index (χ1n) is 5.51. The van der Waals surface area contributed by atoms with Crippen molar-refractivity contribution in [2.45, 2.75) is 6.54 Å². The quantitative estimate of drug-likeness (QED) is 0.366. The molecule has 0 radical (unpaired) electrons. The van der Waals surface area contributed by atoms with E-state index in [2.05, 4.69) is 22.2 Å². The molecule has 0 saturated carbocycles. The van der Waals surface area contributed by atoms with Crippen LogP contribution in [0.5, 0.6) is 5.75 Å². The summed E-state index contributed by atoms with van der Waals surface area (Å²) in [6.07, 6.45) is 1.73.